The van der Waals surface area contributed by atoms with Crippen molar-refractivity contribution in [3.63, 3.8) is 0 Å². The van der Waals surface area contributed by atoms with Crippen LogP contribution in [0.5, 0.6) is 5.75 Å². The monoisotopic (exact) mass is 415 g/mol. The van der Waals surface area contributed by atoms with E-state index in [1.165, 1.54) is 5.56 Å². The molecular weight excluding hydrogens is 386 g/mol. The number of piperazine rings is 1. The van der Waals surface area contributed by atoms with E-state index < -0.39 is 0 Å². The third-order valence-electron chi connectivity index (χ3n) is 5.21. The second kappa shape index (κ2) is 11.2. The number of hydrogen-bond acceptors (Lipinski definition) is 4. The molecule has 1 aliphatic rings. The Morgan fingerprint density at radius 2 is 1.72 bits per heavy atom. The standard InChI is InChI=1S/C23H30ClN3O2/c1-2-19-6-3-4-7-22(19)25-23(28)18-27-15-13-26(14-16-27)12-5-17-29-21-10-8-20(24)9-11-21/h3-4,6-11H,2,5,12-18H2,1H3,(H,25,28). The van der Waals surface area contributed by atoms with Gasteiger partial charge in [0.2, 0.25) is 5.91 Å². The molecule has 1 amide bonds. The number of para-hydroxylation sites is 1. The molecule has 0 saturated carbocycles. The van der Waals surface area contributed by atoms with Gasteiger partial charge in [0.15, 0.2) is 0 Å². The number of carbonyl (C=O) groups is 1. The molecule has 0 aromatic heterocycles. The molecular formula is C23H30ClN3O2. The topological polar surface area (TPSA) is 44.8 Å². The number of benzene rings is 2. The van der Waals surface area contributed by atoms with Gasteiger partial charge < -0.3 is 15.0 Å². The Morgan fingerprint density at radius 1 is 1.03 bits per heavy atom. The van der Waals surface area contributed by atoms with Gasteiger partial charge in [0.05, 0.1) is 13.2 Å². The molecule has 3 rings (SSSR count). The van der Waals surface area contributed by atoms with Crippen LogP contribution in [-0.2, 0) is 11.2 Å². The minimum Gasteiger partial charge on any atom is -0.494 e. The zero-order valence-corrected chi connectivity index (χ0v) is 17.8. The zero-order valence-electron chi connectivity index (χ0n) is 17.1. The van der Waals surface area contributed by atoms with Crippen molar-refractivity contribution in [2.45, 2.75) is 19.8 Å². The van der Waals surface area contributed by atoms with Crippen LogP contribution < -0.4 is 10.1 Å². The van der Waals surface area contributed by atoms with E-state index in [1.807, 2.05) is 42.5 Å². The van der Waals surface area contributed by atoms with Gasteiger partial charge in [-0.2, -0.15) is 0 Å². The number of hydrogen-bond donors (Lipinski definition) is 1. The highest BCUT2D eigenvalue weighted by Gasteiger charge is 2.19. The Hall–Kier alpha value is -2.08. The summed E-state index contributed by atoms with van der Waals surface area (Å²) in [6.45, 7) is 8.07. The van der Waals surface area contributed by atoms with E-state index in [9.17, 15) is 4.79 Å². The summed E-state index contributed by atoms with van der Waals surface area (Å²) < 4.78 is 5.75. The highest BCUT2D eigenvalue weighted by atomic mass is 35.5. The minimum atomic E-state index is 0.0655. The molecule has 0 bridgehead atoms. The Bertz CT molecular complexity index is 774. The van der Waals surface area contributed by atoms with Crippen molar-refractivity contribution in [1.82, 2.24) is 9.80 Å². The van der Waals surface area contributed by atoms with Gasteiger partial charge in [-0.05, 0) is 48.7 Å². The normalized spacial score (nSPS) is 15.2. The number of rotatable bonds is 9. The second-order valence-corrected chi connectivity index (χ2v) is 7.77. The van der Waals surface area contributed by atoms with Crippen molar-refractivity contribution < 1.29 is 9.53 Å². The lowest BCUT2D eigenvalue weighted by molar-refractivity contribution is -0.117. The maximum absolute atomic E-state index is 12.4. The van der Waals surface area contributed by atoms with Crippen LogP contribution in [0.4, 0.5) is 5.69 Å². The summed E-state index contributed by atoms with van der Waals surface area (Å²) in [6.07, 6.45) is 1.90. The van der Waals surface area contributed by atoms with Gasteiger partial charge in [0.25, 0.3) is 0 Å². The number of anilines is 1. The van der Waals surface area contributed by atoms with Crippen molar-refractivity contribution in [3.05, 3.63) is 59.1 Å². The van der Waals surface area contributed by atoms with Crippen molar-refractivity contribution in [2.75, 3.05) is 51.2 Å². The highest BCUT2D eigenvalue weighted by molar-refractivity contribution is 6.30. The van der Waals surface area contributed by atoms with E-state index in [4.69, 9.17) is 16.3 Å². The summed E-state index contributed by atoms with van der Waals surface area (Å²) >= 11 is 5.88. The van der Waals surface area contributed by atoms with Crippen LogP contribution in [0.3, 0.4) is 0 Å². The molecule has 0 radical (unpaired) electrons. The van der Waals surface area contributed by atoms with E-state index in [-0.39, 0.29) is 5.91 Å². The average Bonchev–Trinajstić information content (AvgIpc) is 2.74. The Balaban J connectivity index is 1.31. The lowest BCUT2D eigenvalue weighted by Crippen LogP contribution is -2.48. The van der Waals surface area contributed by atoms with Crippen LogP contribution in [0.15, 0.2) is 48.5 Å². The SMILES string of the molecule is CCc1ccccc1NC(=O)CN1CCN(CCCOc2ccc(Cl)cc2)CC1. The fraction of sp³-hybridized carbons (Fsp3) is 0.435. The first-order valence-electron chi connectivity index (χ1n) is 10.3. The Kier molecular flexibility index (Phi) is 8.35. The average molecular weight is 416 g/mol. The lowest BCUT2D eigenvalue weighted by Gasteiger charge is -2.34. The van der Waals surface area contributed by atoms with Crippen molar-refractivity contribution in [1.29, 1.82) is 0 Å². The van der Waals surface area contributed by atoms with Crippen LogP contribution in [0, 0.1) is 0 Å². The second-order valence-electron chi connectivity index (χ2n) is 7.33. The predicted molar refractivity (Wildman–Crippen MR) is 119 cm³/mol. The summed E-state index contributed by atoms with van der Waals surface area (Å²) in [5.41, 5.74) is 2.10. The first kappa shape index (κ1) is 21.6. The number of amides is 1. The number of carbonyl (C=O) groups excluding carboxylic acids is 1. The van der Waals surface area contributed by atoms with Crippen LogP contribution in [0.25, 0.3) is 0 Å². The van der Waals surface area contributed by atoms with Crippen LogP contribution in [-0.4, -0.2) is 61.6 Å². The van der Waals surface area contributed by atoms with E-state index >= 15 is 0 Å². The predicted octanol–water partition coefficient (Wildman–Crippen LogP) is 3.93. The first-order chi connectivity index (χ1) is 14.1. The summed E-state index contributed by atoms with van der Waals surface area (Å²) in [6, 6.07) is 15.5. The van der Waals surface area contributed by atoms with Gasteiger partial charge in [-0.1, -0.05) is 36.7 Å². The Morgan fingerprint density at radius 3 is 2.45 bits per heavy atom. The molecule has 1 aliphatic heterocycles. The smallest absolute Gasteiger partial charge is 0.238 e. The van der Waals surface area contributed by atoms with E-state index in [0.29, 0.717) is 13.2 Å². The molecule has 0 aliphatic carbocycles. The van der Waals surface area contributed by atoms with Crippen molar-refractivity contribution in [2.24, 2.45) is 0 Å². The quantitative estimate of drug-likeness (QED) is 0.630. The molecule has 29 heavy (non-hydrogen) atoms. The van der Waals surface area contributed by atoms with E-state index in [1.54, 1.807) is 0 Å². The maximum atomic E-state index is 12.4. The number of nitrogens with one attached hydrogen (secondary N) is 1. The van der Waals surface area contributed by atoms with Crippen LogP contribution in [0.2, 0.25) is 5.02 Å². The fourth-order valence-corrected chi connectivity index (χ4v) is 3.65. The van der Waals surface area contributed by atoms with Crippen molar-refractivity contribution >= 4 is 23.2 Å². The van der Waals surface area contributed by atoms with Gasteiger partial charge in [0.1, 0.15) is 5.75 Å². The van der Waals surface area contributed by atoms with Gasteiger partial charge in [-0.15, -0.1) is 0 Å². The van der Waals surface area contributed by atoms with E-state index in [0.717, 1.165) is 62.0 Å². The molecule has 1 saturated heterocycles. The van der Waals surface area contributed by atoms with Crippen molar-refractivity contribution in [3.8, 4) is 5.75 Å². The molecule has 0 unspecified atom stereocenters. The fourth-order valence-electron chi connectivity index (χ4n) is 3.52. The summed E-state index contributed by atoms with van der Waals surface area (Å²) in [5, 5.41) is 3.78. The largest absolute Gasteiger partial charge is 0.494 e. The molecule has 0 atom stereocenters. The van der Waals surface area contributed by atoms with Gasteiger partial charge in [0, 0.05) is 43.4 Å². The Labute approximate surface area is 178 Å². The molecule has 1 heterocycles. The van der Waals surface area contributed by atoms with Crippen LogP contribution >= 0.6 is 11.6 Å². The van der Waals surface area contributed by atoms with E-state index in [2.05, 4.69) is 28.1 Å². The molecule has 0 spiro atoms. The third kappa shape index (κ3) is 7.03. The minimum absolute atomic E-state index is 0.0655. The molecule has 6 heteroatoms. The maximum Gasteiger partial charge on any atom is 0.238 e. The molecule has 5 nitrogen and oxygen atoms in total. The third-order valence-corrected chi connectivity index (χ3v) is 5.46. The van der Waals surface area contributed by atoms with Gasteiger partial charge >= 0.3 is 0 Å². The molecule has 156 valence electrons. The molecule has 2 aromatic carbocycles. The number of nitrogens with zero attached hydrogens (tertiary/aromatic N) is 2. The summed E-state index contributed by atoms with van der Waals surface area (Å²) in [5.74, 6) is 0.922. The first-order valence-corrected chi connectivity index (χ1v) is 10.7. The van der Waals surface area contributed by atoms with Crippen LogP contribution in [0.1, 0.15) is 18.9 Å². The molecule has 1 fully saturated rings. The number of ether oxygens (including phenoxy) is 1. The highest BCUT2D eigenvalue weighted by Crippen LogP contribution is 2.16. The van der Waals surface area contributed by atoms with Gasteiger partial charge in [-0.25, -0.2) is 0 Å². The molecule has 1 N–H and O–H groups in total. The molecule has 2 aromatic rings. The lowest BCUT2D eigenvalue weighted by atomic mass is 10.1. The summed E-state index contributed by atoms with van der Waals surface area (Å²) in [7, 11) is 0. The number of halogens is 1. The summed E-state index contributed by atoms with van der Waals surface area (Å²) in [4.78, 5) is 17.1. The number of aryl methyl sites for hydroxylation is 1. The zero-order chi connectivity index (χ0) is 20.5. The van der Waals surface area contributed by atoms with Gasteiger partial charge in [-0.3, -0.25) is 9.69 Å².